The summed E-state index contributed by atoms with van der Waals surface area (Å²) in [6, 6.07) is 4.60. The van der Waals surface area contributed by atoms with E-state index in [1.54, 1.807) is 0 Å². The molecule has 144 valence electrons. The van der Waals surface area contributed by atoms with E-state index in [2.05, 4.69) is 15.5 Å². The highest BCUT2D eigenvalue weighted by Crippen LogP contribution is 2.33. The average Bonchev–Trinajstić information content (AvgIpc) is 3.29. The first-order valence-electron chi connectivity index (χ1n) is 10.1. The standard InChI is InChI=1S/C20H31N3O3/c1-14-6-7-19(26-14)18(23-8-10-25-11-9-23)13-21-20(24)17-12-15-4-2-3-5-16(15)22-17/h6-7,15-18,22H,2-5,8-13H2,1H3,(H,21,24). The molecule has 1 aromatic rings. The fourth-order valence-corrected chi connectivity index (χ4v) is 4.77. The van der Waals surface area contributed by atoms with Crippen molar-refractivity contribution in [3.63, 3.8) is 0 Å². The number of ether oxygens (including phenoxy) is 1. The van der Waals surface area contributed by atoms with Crippen LogP contribution in [-0.4, -0.2) is 55.7 Å². The number of carbonyl (C=O) groups is 1. The van der Waals surface area contributed by atoms with Gasteiger partial charge in [-0.2, -0.15) is 0 Å². The minimum atomic E-state index is -0.0354. The van der Waals surface area contributed by atoms with Crippen LogP contribution in [0, 0.1) is 12.8 Å². The molecular formula is C20H31N3O3. The number of furan rings is 1. The molecule has 0 aromatic carbocycles. The third kappa shape index (κ3) is 3.97. The topological polar surface area (TPSA) is 66.7 Å². The van der Waals surface area contributed by atoms with E-state index in [1.165, 1.54) is 25.7 Å². The maximum atomic E-state index is 12.8. The molecule has 1 amide bonds. The summed E-state index contributed by atoms with van der Waals surface area (Å²) in [7, 11) is 0. The Labute approximate surface area is 155 Å². The summed E-state index contributed by atoms with van der Waals surface area (Å²) in [5.41, 5.74) is 0. The van der Waals surface area contributed by atoms with Gasteiger partial charge in [0.2, 0.25) is 5.91 Å². The van der Waals surface area contributed by atoms with Gasteiger partial charge in [-0.15, -0.1) is 0 Å². The first-order chi connectivity index (χ1) is 12.7. The lowest BCUT2D eigenvalue weighted by atomic mass is 9.85. The van der Waals surface area contributed by atoms with Crippen molar-refractivity contribution < 1.29 is 13.9 Å². The van der Waals surface area contributed by atoms with E-state index >= 15 is 0 Å². The summed E-state index contributed by atoms with van der Waals surface area (Å²) < 4.78 is 11.4. The average molecular weight is 361 g/mol. The van der Waals surface area contributed by atoms with Crippen molar-refractivity contribution in [3.05, 3.63) is 23.7 Å². The molecule has 1 saturated carbocycles. The van der Waals surface area contributed by atoms with E-state index in [4.69, 9.17) is 9.15 Å². The molecule has 4 unspecified atom stereocenters. The molecule has 26 heavy (non-hydrogen) atoms. The van der Waals surface area contributed by atoms with Crippen LogP contribution in [0.3, 0.4) is 0 Å². The van der Waals surface area contributed by atoms with Crippen LogP contribution in [-0.2, 0) is 9.53 Å². The number of rotatable bonds is 5. The van der Waals surface area contributed by atoms with Crippen LogP contribution in [0.5, 0.6) is 0 Å². The molecule has 0 radical (unpaired) electrons. The van der Waals surface area contributed by atoms with Gasteiger partial charge in [0.1, 0.15) is 11.5 Å². The minimum absolute atomic E-state index is 0.0354. The zero-order valence-electron chi connectivity index (χ0n) is 15.7. The first-order valence-corrected chi connectivity index (χ1v) is 10.1. The van der Waals surface area contributed by atoms with Gasteiger partial charge in [-0.3, -0.25) is 9.69 Å². The van der Waals surface area contributed by atoms with E-state index in [1.807, 2.05) is 19.1 Å². The Bertz CT molecular complexity index is 597. The second-order valence-electron chi connectivity index (χ2n) is 7.96. The Hall–Kier alpha value is -1.37. The van der Waals surface area contributed by atoms with Crippen molar-refractivity contribution in [2.45, 2.75) is 57.2 Å². The second-order valence-corrected chi connectivity index (χ2v) is 7.96. The van der Waals surface area contributed by atoms with E-state index in [0.29, 0.717) is 18.5 Å². The summed E-state index contributed by atoms with van der Waals surface area (Å²) in [6.07, 6.45) is 6.08. The molecule has 2 saturated heterocycles. The predicted molar refractivity (Wildman–Crippen MR) is 98.9 cm³/mol. The summed E-state index contributed by atoms with van der Waals surface area (Å²) in [5, 5.41) is 6.77. The zero-order valence-corrected chi connectivity index (χ0v) is 15.7. The van der Waals surface area contributed by atoms with Gasteiger partial charge in [-0.1, -0.05) is 12.8 Å². The lowest BCUT2D eigenvalue weighted by Gasteiger charge is -2.33. The Morgan fingerprint density at radius 3 is 2.85 bits per heavy atom. The van der Waals surface area contributed by atoms with E-state index in [-0.39, 0.29) is 18.0 Å². The fraction of sp³-hybridized carbons (Fsp3) is 0.750. The molecular weight excluding hydrogens is 330 g/mol. The summed E-state index contributed by atoms with van der Waals surface area (Å²) in [4.78, 5) is 15.1. The van der Waals surface area contributed by atoms with Crippen LogP contribution in [0.25, 0.3) is 0 Å². The van der Waals surface area contributed by atoms with Gasteiger partial charge in [0, 0.05) is 25.7 Å². The van der Waals surface area contributed by atoms with Crippen LogP contribution >= 0.6 is 0 Å². The van der Waals surface area contributed by atoms with Gasteiger partial charge in [-0.05, 0) is 44.2 Å². The van der Waals surface area contributed by atoms with Gasteiger partial charge < -0.3 is 19.8 Å². The van der Waals surface area contributed by atoms with Crippen LogP contribution in [0.2, 0.25) is 0 Å². The Kier molecular flexibility index (Phi) is 5.62. The number of hydrogen-bond acceptors (Lipinski definition) is 5. The van der Waals surface area contributed by atoms with Crippen molar-refractivity contribution in [1.29, 1.82) is 0 Å². The van der Waals surface area contributed by atoms with E-state index < -0.39 is 0 Å². The molecule has 1 aromatic heterocycles. The zero-order chi connectivity index (χ0) is 17.9. The van der Waals surface area contributed by atoms with Crippen molar-refractivity contribution in [1.82, 2.24) is 15.5 Å². The fourth-order valence-electron chi connectivity index (χ4n) is 4.77. The molecule has 3 aliphatic rings. The minimum Gasteiger partial charge on any atom is -0.465 e. The summed E-state index contributed by atoms with van der Waals surface area (Å²) >= 11 is 0. The van der Waals surface area contributed by atoms with Crippen LogP contribution in [0.15, 0.2) is 16.5 Å². The normalized spacial score (nSPS) is 30.7. The SMILES string of the molecule is Cc1ccc(C(CNC(=O)C2CC3CCCCC3N2)N2CCOCC2)o1. The molecule has 6 heteroatoms. The monoisotopic (exact) mass is 361 g/mol. The summed E-state index contributed by atoms with van der Waals surface area (Å²) in [5.74, 6) is 2.66. The quantitative estimate of drug-likeness (QED) is 0.840. The number of aryl methyl sites for hydroxylation is 1. The second kappa shape index (κ2) is 8.11. The van der Waals surface area contributed by atoms with Crippen LogP contribution in [0.4, 0.5) is 0 Å². The predicted octanol–water partition coefficient (Wildman–Crippen LogP) is 2.00. The lowest BCUT2D eigenvalue weighted by molar-refractivity contribution is -0.123. The molecule has 3 heterocycles. The van der Waals surface area contributed by atoms with Gasteiger partial charge in [0.25, 0.3) is 0 Å². The maximum absolute atomic E-state index is 12.8. The van der Waals surface area contributed by atoms with Crippen molar-refractivity contribution in [3.8, 4) is 0 Å². The highest BCUT2D eigenvalue weighted by atomic mass is 16.5. The van der Waals surface area contributed by atoms with Gasteiger partial charge in [-0.25, -0.2) is 0 Å². The number of nitrogens with zero attached hydrogens (tertiary/aromatic N) is 1. The van der Waals surface area contributed by atoms with E-state index in [9.17, 15) is 4.79 Å². The van der Waals surface area contributed by atoms with Crippen molar-refractivity contribution in [2.24, 2.45) is 5.92 Å². The molecule has 3 fully saturated rings. The highest BCUT2D eigenvalue weighted by Gasteiger charge is 2.38. The Morgan fingerprint density at radius 1 is 1.31 bits per heavy atom. The molecule has 2 N–H and O–H groups in total. The number of morpholine rings is 1. The van der Waals surface area contributed by atoms with Crippen LogP contribution < -0.4 is 10.6 Å². The molecule has 6 nitrogen and oxygen atoms in total. The van der Waals surface area contributed by atoms with Gasteiger partial charge >= 0.3 is 0 Å². The smallest absolute Gasteiger partial charge is 0.237 e. The van der Waals surface area contributed by atoms with E-state index in [0.717, 1.165) is 44.2 Å². The largest absolute Gasteiger partial charge is 0.465 e. The molecule has 1 aliphatic carbocycles. The Balaban J connectivity index is 1.37. The number of amides is 1. The third-order valence-corrected chi connectivity index (χ3v) is 6.22. The molecule has 0 spiro atoms. The Morgan fingerprint density at radius 2 is 2.12 bits per heavy atom. The number of hydrogen-bond donors (Lipinski definition) is 2. The van der Waals surface area contributed by atoms with Crippen LogP contribution in [0.1, 0.15) is 49.7 Å². The summed E-state index contributed by atoms with van der Waals surface area (Å²) in [6.45, 7) is 5.75. The number of carbonyl (C=O) groups excluding carboxylic acids is 1. The molecule has 0 bridgehead atoms. The van der Waals surface area contributed by atoms with Crippen molar-refractivity contribution >= 4 is 5.91 Å². The van der Waals surface area contributed by atoms with Gasteiger partial charge in [0.15, 0.2) is 0 Å². The molecule has 4 atom stereocenters. The third-order valence-electron chi connectivity index (χ3n) is 6.22. The number of fused-ring (bicyclic) bond motifs is 1. The molecule has 2 aliphatic heterocycles. The lowest BCUT2D eigenvalue weighted by Crippen LogP contribution is -2.47. The number of nitrogens with one attached hydrogen (secondary N) is 2. The van der Waals surface area contributed by atoms with Crippen molar-refractivity contribution in [2.75, 3.05) is 32.8 Å². The maximum Gasteiger partial charge on any atom is 0.237 e. The first kappa shape index (κ1) is 18.0. The highest BCUT2D eigenvalue weighted by molar-refractivity contribution is 5.82. The molecule has 4 rings (SSSR count). The van der Waals surface area contributed by atoms with Gasteiger partial charge in [0.05, 0.1) is 25.3 Å².